The van der Waals surface area contributed by atoms with E-state index in [1.165, 1.54) is 7.11 Å². The molecule has 1 rings (SSSR count). The van der Waals surface area contributed by atoms with Gasteiger partial charge in [0.1, 0.15) is 6.04 Å². The standard InChI is InChI=1S/C13H18ClNO2S/c1-17-13(16)12(8-5-9-18-2)15-11-7-4-3-6-10(11)14/h3-4,6-7,12,15H,5,8-9H2,1-2H3. The Hall–Kier alpha value is -0.870. The monoisotopic (exact) mass is 287 g/mol. The average Bonchev–Trinajstić information content (AvgIpc) is 2.39. The first-order chi connectivity index (χ1) is 8.69. The number of para-hydroxylation sites is 1. The summed E-state index contributed by atoms with van der Waals surface area (Å²) in [6, 6.07) is 7.04. The molecule has 0 spiro atoms. The number of carbonyl (C=O) groups is 1. The topological polar surface area (TPSA) is 38.3 Å². The van der Waals surface area contributed by atoms with Gasteiger partial charge >= 0.3 is 5.97 Å². The van der Waals surface area contributed by atoms with Gasteiger partial charge in [0, 0.05) is 0 Å². The highest BCUT2D eigenvalue weighted by molar-refractivity contribution is 7.98. The van der Waals surface area contributed by atoms with Crippen LogP contribution in [0.2, 0.25) is 5.02 Å². The summed E-state index contributed by atoms with van der Waals surface area (Å²) in [6.45, 7) is 0. The normalized spacial score (nSPS) is 11.9. The second kappa shape index (κ2) is 8.27. The summed E-state index contributed by atoms with van der Waals surface area (Å²) in [6.07, 6.45) is 3.74. The van der Waals surface area contributed by atoms with Gasteiger partial charge in [0.15, 0.2) is 0 Å². The fourth-order valence-corrected chi connectivity index (χ4v) is 2.23. The van der Waals surface area contributed by atoms with Gasteiger partial charge in [-0.25, -0.2) is 4.79 Å². The Bertz CT molecular complexity index is 387. The molecule has 1 unspecified atom stereocenters. The summed E-state index contributed by atoms with van der Waals surface area (Å²) >= 11 is 7.83. The molecule has 1 aromatic carbocycles. The first-order valence-electron chi connectivity index (χ1n) is 5.77. The maximum absolute atomic E-state index is 11.7. The molecule has 1 atom stereocenters. The van der Waals surface area contributed by atoms with Crippen molar-refractivity contribution in [3.63, 3.8) is 0 Å². The van der Waals surface area contributed by atoms with Gasteiger partial charge in [-0.2, -0.15) is 11.8 Å². The number of hydrogen-bond acceptors (Lipinski definition) is 4. The largest absolute Gasteiger partial charge is 0.467 e. The Labute approximate surface area is 117 Å². The Morgan fingerprint density at radius 2 is 2.22 bits per heavy atom. The van der Waals surface area contributed by atoms with Gasteiger partial charge in [-0.15, -0.1) is 0 Å². The number of halogens is 1. The van der Waals surface area contributed by atoms with E-state index >= 15 is 0 Å². The number of benzene rings is 1. The molecule has 0 aliphatic rings. The number of hydrogen-bond donors (Lipinski definition) is 1. The van der Waals surface area contributed by atoms with E-state index in [2.05, 4.69) is 11.6 Å². The smallest absolute Gasteiger partial charge is 0.328 e. The van der Waals surface area contributed by atoms with Crippen molar-refractivity contribution in [1.82, 2.24) is 0 Å². The summed E-state index contributed by atoms with van der Waals surface area (Å²) in [5.41, 5.74) is 0.763. The van der Waals surface area contributed by atoms with Crippen LogP contribution in [0, 0.1) is 0 Å². The van der Waals surface area contributed by atoms with Crippen molar-refractivity contribution in [2.24, 2.45) is 0 Å². The van der Waals surface area contributed by atoms with Gasteiger partial charge < -0.3 is 10.1 Å². The van der Waals surface area contributed by atoms with Crippen LogP contribution in [0.5, 0.6) is 0 Å². The summed E-state index contributed by atoms with van der Waals surface area (Å²) in [4.78, 5) is 11.7. The van der Waals surface area contributed by atoms with Gasteiger partial charge in [-0.05, 0) is 37.0 Å². The van der Waals surface area contributed by atoms with Crippen LogP contribution in [0.25, 0.3) is 0 Å². The van der Waals surface area contributed by atoms with Crippen molar-refractivity contribution in [2.45, 2.75) is 18.9 Å². The molecule has 1 N–H and O–H groups in total. The van der Waals surface area contributed by atoms with E-state index in [0.29, 0.717) is 5.02 Å². The highest BCUT2D eigenvalue weighted by Gasteiger charge is 2.19. The molecule has 0 aromatic heterocycles. The van der Waals surface area contributed by atoms with Crippen LogP contribution in [-0.4, -0.2) is 31.1 Å². The molecule has 0 aliphatic carbocycles. The second-order valence-electron chi connectivity index (χ2n) is 3.83. The van der Waals surface area contributed by atoms with E-state index in [1.54, 1.807) is 17.8 Å². The maximum atomic E-state index is 11.7. The number of thioether (sulfide) groups is 1. The van der Waals surface area contributed by atoms with Gasteiger partial charge in [0.2, 0.25) is 0 Å². The quantitative estimate of drug-likeness (QED) is 0.616. The van der Waals surface area contributed by atoms with Crippen LogP contribution in [0.4, 0.5) is 5.69 Å². The summed E-state index contributed by atoms with van der Waals surface area (Å²) in [7, 11) is 1.40. The Balaban J connectivity index is 2.66. The number of ether oxygens (including phenoxy) is 1. The lowest BCUT2D eigenvalue weighted by Gasteiger charge is -2.18. The minimum atomic E-state index is -0.345. The SMILES string of the molecule is COC(=O)C(CCCSC)Nc1ccccc1Cl. The van der Waals surface area contributed by atoms with Crippen LogP contribution in [0.3, 0.4) is 0 Å². The predicted octanol–water partition coefficient (Wildman–Crippen LogP) is 3.44. The molecule has 5 heteroatoms. The zero-order valence-electron chi connectivity index (χ0n) is 10.6. The van der Waals surface area contributed by atoms with Crippen molar-refractivity contribution < 1.29 is 9.53 Å². The first-order valence-corrected chi connectivity index (χ1v) is 7.54. The number of carbonyl (C=O) groups excluding carboxylic acids is 1. The highest BCUT2D eigenvalue weighted by atomic mass is 35.5. The summed E-state index contributed by atoms with van der Waals surface area (Å²) in [5, 5.41) is 3.75. The van der Waals surface area contributed by atoms with Crippen molar-refractivity contribution in [2.75, 3.05) is 24.4 Å². The average molecular weight is 288 g/mol. The molecule has 0 heterocycles. The van der Waals surface area contributed by atoms with Crippen molar-refractivity contribution >= 4 is 35.0 Å². The Morgan fingerprint density at radius 3 is 2.83 bits per heavy atom. The molecular weight excluding hydrogens is 270 g/mol. The molecule has 0 aliphatic heterocycles. The first kappa shape index (κ1) is 15.2. The van der Waals surface area contributed by atoms with Crippen molar-refractivity contribution in [3.8, 4) is 0 Å². The number of nitrogens with one attached hydrogen (secondary N) is 1. The third kappa shape index (κ3) is 4.78. The van der Waals surface area contributed by atoms with Crippen LogP contribution in [0.1, 0.15) is 12.8 Å². The van der Waals surface area contributed by atoms with E-state index in [4.69, 9.17) is 16.3 Å². The molecule has 100 valence electrons. The van der Waals surface area contributed by atoms with E-state index < -0.39 is 0 Å². The molecule has 18 heavy (non-hydrogen) atoms. The van der Waals surface area contributed by atoms with Crippen LogP contribution < -0.4 is 5.32 Å². The number of esters is 1. The lowest BCUT2D eigenvalue weighted by atomic mass is 10.1. The molecule has 0 bridgehead atoms. The minimum absolute atomic E-state index is 0.254. The zero-order chi connectivity index (χ0) is 13.4. The molecule has 0 radical (unpaired) electrons. The van der Waals surface area contributed by atoms with E-state index in [9.17, 15) is 4.79 Å². The third-order valence-corrected chi connectivity index (χ3v) is 3.56. The molecular formula is C13H18ClNO2S. The van der Waals surface area contributed by atoms with Gasteiger partial charge in [0.25, 0.3) is 0 Å². The number of rotatable bonds is 7. The van der Waals surface area contributed by atoms with Gasteiger partial charge in [0.05, 0.1) is 17.8 Å². The lowest BCUT2D eigenvalue weighted by molar-refractivity contribution is -0.141. The maximum Gasteiger partial charge on any atom is 0.328 e. The fourth-order valence-electron chi connectivity index (χ4n) is 1.59. The third-order valence-electron chi connectivity index (χ3n) is 2.53. The van der Waals surface area contributed by atoms with Crippen LogP contribution >= 0.6 is 23.4 Å². The van der Waals surface area contributed by atoms with Crippen LogP contribution in [0.15, 0.2) is 24.3 Å². The van der Waals surface area contributed by atoms with E-state index in [-0.39, 0.29) is 12.0 Å². The van der Waals surface area contributed by atoms with E-state index in [0.717, 1.165) is 24.3 Å². The predicted molar refractivity (Wildman–Crippen MR) is 78.5 cm³/mol. The van der Waals surface area contributed by atoms with Crippen molar-refractivity contribution in [1.29, 1.82) is 0 Å². The molecule has 1 aromatic rings. The van der Waals surface area contributed by atoms with Crippen LogP contribution in [-0.2, 0) is 9.53 Å². The summed E-state index contributed by atoms with van der Waals surface area (Å²) in [5.74, 6) is 0.772. The molecule has 0 saturated heterocycles. The Morgan fingerprint density at radius 1 is 1.50 bits per heavy atom. The van der Waals surface area contributed by atoms with E-state index in [1.807, 2.05) is 18.2 Å². The highest BCUT2D eigenvalue weighted by Crippen LogP contribution is 2.22. The molecule has 0 saturated carbocycles. The molecule has 3 nitrogen and oxygen atoms in total. The minimum Gasteiger partial charge on any atom is -0.467 e. The molecule has 0 amide bonds. The lowest BCUT2D eigenvalue weighted by Crippen LogP contribution is -2.30. The zero-order valence-corrected chi connectivity index (χ0v) is 12.2. The second-order valence-corrected chi connectivity index (χ2v) is 5.23. The van der Waals surface area contributed by atoms with Gasteiger partial charge in [-0.1, -0.05) is 23.7 Å². The number of anilines is 1. The fraction of sp³-hybridized carbons (Fsp3) is 0.462. The van der Waals surface area contributed by atoms with Crippen molar-refractivity contribution in [3.05, 3.63) is 29.3 Å². The molecule has 0 fully saturated rings. The summed E-state index contributed by atoms with van der Waals surface area (Å²) < 4.78 is 4.80. The number of methoxy groups -OCH3 is 1. The Kier molecular flexibility index (Phi) is 6.98. The van der Waals surface area contributed by atoms with Gasteiger partial charge in [-0.3, -0.25) is 0 Å².